The summed E-state index contributed by atoms with van der Waals surface area (Å²) in [5, 5.41) is 2.09. The third kappa shape index (κ3) is 5.48. The predicted octanol–water partition coefficient (Wildman–Crippen LogP) is 3.40. The van der Waals surface area contributed by atoms with Gasteiger partial charge in [-0.1, -0.05) is 42.5 Å². The lowest BCUT2D eigenvalue weighted by molar-refractivity contribution is -0.132. The Morgan fingerprint density at radius 1 is 0.897 bits per heavy atom. The normalized spacial score (nSPS) is 11.5. The Bertz CT molecular complexity index is 980. The second-order valence-corrected chi connectivity index (χ2v) is 6.52. The van der Waals surface area contributed by atoms with Crippen LogP contribution < -0.4 is 20.3 Å². The fourth-order valence-corrected chi connectivity index (χ4v) is 2.94. The Hall–Kier alpha value is -3.54. The topological polar surface area (TPSA) is 76.7 Å². The van der Waals surface area contributed by atoms with Crippen molar-refractivity contribution >= 4 is 22.6 Å². The first kappa shape index (κ1) is 20.2. The molecule has 150 valence electrons. The molecular weight excluding hydrogens is 368 g/mol. The molecule has 6 heteroatoms. The zero-order chi connectivity index (χ0) is 20.6. The van der Waals surface area contributed by atoms with E-state index in [4.69, 9.17) is 9.47 Å². The van der Waals surface area contributed by atoms with E-state index in [0.717, 1.165) is 22.1 Å². The van der Waals surface area contributed by atoms with Gasteiger partial charge in [0.15, 0.2) is 6.10 Å². The smallest absolute Gasteiger partial charge is 0.279 e. The van der Waals surface area contributed by atoms with Crippen LogP contribution in [0.2, 0.25) is 0 Å². The van der Waals surface area contributed by atoms with E-state index in [1.807, 2.05) is 49.4 Å². The SMILES string of the molecule is CCOc1ccc(O[C@@H](C)C(=O)NNC(=O)Cc2cccc3ccccc23)cc1. The molecule has 0 saturated carbocycles. The van der Waals surface area contributed by atoms with E-state index in [2.05, 4.69) is 10.9 Å². The van der Waals surface area contributed by atoms with Gasteiger partial charge in [-0.15, -0.1) is 0 Å². The summed E-state index contributed by atoms with van der Waals surface area (Å²) < 4.78 is 11.0. The Morgan fingerprint density at radius 2 is 1.59 bits per heavy atom. The molecule has 0 bridgehead atoms. The molecule has 6 nitrogen and oxygen atoms in total. The van der Waals surface area contributed by atoms with Gasteiger partial charge in [0.2, 0.25) is 5.91 Å². The second-order valence-electron chi connectivity index (χ2n) is 6.52. The van der Waals surface area contributed by atoms with Crippen LogP contribution in [0.5, 0.6) is 11.5 Å². The van der Waals surface area contributed by atoms with Crippen LogP contribution >= 0.6 is 0 Å². The van der Waals surface area contributed by atoms with Crippen LogP contribution in [-0.2, 0) is 16.0 Å². The summed E-state index contributed by atoms with van der Waals surface area (Å²) in [4.78, 5) is 24.5. The molecule has 0 spiro atoms. The van der Waals surface area contributed by atoms with Crippen LogP contribution in [0.1, 0.15) is 19.4 Å². The maximum atomic E-state index is 12.3. The molecule has 0 aromatic heterocycles. The summed E-state index contributed by atoms with van der Waals surface area (Å²) in [6.07, 6.45) is -0.610. The van der Waals surface area contributed by atoms with Gasteiger partial charge in [0.05, 0.1) is 13.0 Å². The number of rotatable bonds is 7. The number of nitrogens with one attached hydrogen (secondary N) is 2. The van der Waals surface area contributed by atoms with E-state index in [1.165, 1.54) is 0 Å². The van der Waals surface area contributed by atoms with Gasteiger partial charge >= 0.3 is 0 Å². The van der Waals surface area contributed by atoms with Crippen LogP contribution in [0.25, 0.3) is 10.8 Å². The van der Waals surface area contributed by atoms with E-state index in [1.54, 1.807) is 31.2 Å². The van der Waals surface area contributed by atoms with Crippen LogP contribution in [0.3, 0.4) is 0 Å². The highest BCUT2D eigenvalue weighted by molar-refractivity contribution is 5.91. The second kappa shape index (κ2) is 9.59. The van der Waals surface area contributed by atoms with Crippen molar-refractivity contribution in [3.8, 4) is 11.5 Å². The van der Waals surface area contributed by atoms with Crippen LogP contribution in [0.4, 0.5) is 0 Å². The van der Waals surface area contributed by atoms with Gasteiger partial charge < -0.3 is 9.47 Å². The molecule has 3 aromatic carbocycles. The number of fused-ring (bicyclic) bond motifs is 1. The Balaban J connectivity index is 1.50. The molecular formula is C23H24N2O4. The van der Waals surface area contributed by atoms with Gasteiger partial charge in [-0.3, -0.25) is 20.4 Å². The van der Waals surface area contributed by atoms with Crippen LogP contribution in [0.15, 0.2) is 66.7 Å². The number of hydrazine groups is 1. The minimum absolute atomic E-state index is 0.162. The highest BCUT2D eigenvalue weighted by atomic mass is 16.5. The number of ether oxygens (including phenoxy) is 2. The van der Waals surface area contributed by atoms with E-state index < -0.39 is 12.0 Å². The monoisotopic (exact) mass is 392 g/mol. The van der Waals surface area contributed by atoms with Gasteiger partial charge in [-0.25, -0.2) is 0 Å². The lowest BCUT2D eigenvalue weighted by atomic mass is 10.0. The largest absolute Gasteiger partial charge is 0.494 e. The van der Waals surface area contributed by atoms with Gasteiger partial charge in [-0.05, 0) is 54.4 Å². The van der Waals surface area contributed by atoms with E-state index in [0.29, 0.717) is 12.4 Å². The van der Waals surface area contributed by atoms with Crippen LogP contribution in [-0.4, -0.2) is 24.5 Å². The number of hydrogen-bond acceptors (Lipinski definition) is 4. The summed E-state index contributed by atoms with van der Waals surface area (Å²) in [5.41, 5.74) is 5.76. The quantitative estimate of drug-likeness (QED) is 0.604. The molecule has 0 radical (unpaired) electrons. The van der Waals surface area contributed by atoms with Gasteiger partial charge in [-0.2, -0.15) is 0 Å². The summed E-state index contributed by atoms with van der Waals surface area (Å²) in [7, 11) is 0. The summed E-state index contributed by atoms with van der Waals surface area (Å²) >= 11 is 0. The van der Waals surface area contributed by atoms with Gasteiger partial charge in [0.1, 0.15) is 11.5 Å². The summed E-state index contributed by atoms with van der Waals surface area (Å²) in [5.74, 6) is 0.531. The lowest BCUT2D eigenvalue weighted by Gasteiger charge is -2.15. The first-order valence-electron chi connectivity index (χ1n) is 9.51. The van der Waals surface area contributed by atoms with Crippen molar-refractivity contribution in [2.75, 3.05) is 6.61 Å². The molecule has 0 aliphatic carbocycles. The molecule has 0 aliphatic rings. The highest BCUT2D eigenvalue weighted by Gasteiger charge is 2.16. The molecule has 0 fully saturated rings. The Kier molecular flexibility index (Phi) is 6.68. The molecule has 1 atom stereocenters. The number of benzene rings is 3. The maximum Gasteiger partial charge on any atom is 0.279 e. The standard InChI is InChI=1S/C23H24N2O4/c1-3-28-19-11-13-20(14-12-19)29-16(2)23(27)25-24-22(26)15-18-9-6-8-17-7-4-5-10-21(17)18/h4-14,16H,3,15H2,1-2H3,(H,24,26)(H,25,27)/t16-/m0/s1. The zero-order valence-corrected chi connectivity index (χ0v) is 16.5. The number of amides is 2. The molecule has 0 unspecified atom stereocenters. The van der Waals surface area contributed by atoms with Gasteiger partial charge in [0.25, 0.3) is 5.91 Å². The molecule has 0 saturated heterocycles. The van der Waals surface area contributed by atoms with E-state index >= 15 is 0 Å². The Labute approximate surface area is 169 Å². The fraction of sp³-hybridized carbons (Fsp3) is 0.217. The average molecular weight is 392 g/mol. The highest BCUT2D eigenvalue weighted by Crippen LogP contribution is 2.19. The molecule has 29 heavy (non-hydrogen) atoms. The molecule has 2 N–H and O–H groups in total. The Morgan fingerprint density at radius 3 is 2.34 bits per heavy atom. The first-order valence-corrected chi connectivity index (χ1v) is 9.51. The molecule has 2 amide bonds. The van der Waals surface area contributed by atoms with Crippen molar-refractivity contribution in [3.63, 3.8) is 0 Å². The predicted molar refractivity (Wildman–Crippen MR) is 112 cm³/mol. The minimum atomic E-state index is -0.772. The molecule has 3 rings (SSSR count). The van der Waals surface area contributed by atoms with Crippen molar-refractivity contribution in [2.45, 2.75) is 26.4 Å². The number of hydrogen-bond donors (Lipinski definition) is 2. The zero-order valence-electron chi connectivity index (χ0n) is 16.5. The van der Waals surface area contributed by atoms with E-state index in [9.17, 15) is 9.59 Å². The molecule has 0 heterocycles. The van der Waals surface area contributed by atoms with Crippen molar-refractivity contribution in [1.29, 1.82) is 0 Å². The first-order chi connectivity index (χ1) is 14.1. The maximum absolute atomic E-state index is 12.3. The third-order valence-electron chi connectivity index (χ3n) is 4.37. The minimum Gasteiger partial charge on any atom is -0.494 e. The number of carbonyl (C=O) groups excluding carboxylic acids is 2. The summed E-state index contributed by atoms with van der Waals surface area (Å²) in [6, 6.07) is 20.7. The molecule has 0 aliphatic heterocycles. The molecule has 3 aromatic rings. The van der Waals surface area contributed by atoms with Crippen molar-refractivity contribution in [3.05, 3.63) is 72.3 Å². The van der Waals surface area contributed by atoms with Crippen molar-refractivity contribution in [1.82, 2.24) is 10.9 Å². The van der Waals surface area contributed by atoms with Crippen molar-refractivity contribution in [2.24, 2.45) is 0 Å². The van der Waals surface area contributed by atoms with Crippen LogP contribution in [0, 0.1) is 0 Å². The number of carbonyl (C=O) groups is 2. The van der Waals surface area contributed by atoms with E-state index in [-0.39, 0.29) is 12.3 Å². The average Bonchev–Trinajstić information content (AvgIpc) is 2.74. The fourth-order valence-electron chi connectivity index (χ4n) is 2.94. The third-order valence-corrected chi connectivity index (χ3v) is 4.37. The lowest BCUT2D eigenvalue weighted by Crippen LogP contribution is -2.47. The van der Waals surface area contributed by atoms with Crippen molar-refractivity contribution < 1.29 is 19.1 Å². The van der Waals surface area contributed by atoms with Gasteiger partial charge in [0, 0.05) is 0 Å². The summed E-state index contributed by atoms with van der Waals surface area (Å²) in [6.45, 7) is 4.10.